The molecule has 1 aliphatic heterocycles. The molecule has 116 valence electrons. The minimum atomic E-state index is 0.0693. The maximum atomic E-state index is 5.81. The average Bonchev–Trinajstić information content (AvgIpc) is 3.20. The Labute approximate surface area is 140 Å². The Balaban J connectivity index is 1.67. The predicted octanol–water partition coefficient (Wildman–Crippen LogP) is 4.22. The molecule has 0 N–H and O–H groups in total. The molecule has 1 fully saturated rings. The van der Waals surface area contributed by atoms with Crippen LogP contribution in [0.15, 0.2) is 28.7 Å². The van der Waals surface area contributed by atoms with Gasteiger partial charge in [0.15, 0.2) is 0 Å². The molecule has 0 radical (unpaired) electrons. The fraction of sp³-hybridized carbons (Fsp3) is 0.438. The van der Waals surface area contributed by atoms with Crippen LogP contribution < -0.4 is 0 Å². The highest BCUT2D eigenvalue weighted by Gasteiger charge is 2.21. The second kappa shape index (κ2) is 6.79. The molecule has 3 rings (SSSR count). The molecule has 1 atom stereocenters. The lowest BCUT2D eigenvalue weighted by Crippen LogP contribution is -2.23. The van der Waals surface area contributed by atoms with Gasteiger partial charge in [0.25, 0.3) is 0 Å². The van der Waals surface area contributed by atoms with Gasteiger partial charge in [-0.3, -0.25) is 0 Å². The number of nitrogens with zero attached hydrogens (tertiary/aromatic N) is 3. The Morgan fingerprint density at radius 3 is 2.59 bits per heavy atom. The summed E-state index contributed by atoms with van der Waals surface area (Å²) in [6.07, 6.45) is 2.46. The Morgan fingerprint density at radius 1 is 1.23 bits per heavy atom. The standard InChI is InChI=1S/C16H19N3OS2/c1-11-5-7-13(8-6-11)15-18-17-14(20-15)12(2)22-16(21)19-9-3-4-10-19/h5-8,12H,3-4,9-10H2,1-2H3/t12-/m0/s1. The second-order valence-corrected chi connectivity index (χ2v) is 7.51. The zero-order valence-electron chi connectivity index (χ0n) is 12.8. The normalized spacial score (nSPS) is 16.0. The summed E-state index contributed by atoms with van der Waals surface area (Å²) in [6.45, 7) is 6.24. The first-order valence-corrected chi connectivity index (χ1v) is 8.78. The van der Waals surface area contributed by atoms with E-state index < -0.39 is 0 Å². The summed E-state index contributed by atoms with van der Waals surface area (Å²) in [5.41, 5.74) is 2.16. The number of thioether (sulfide) groups is 1. The van der Waals surface area contributed by atoms with Crippen LogP contribution in [0, 0.1) is 6.92 Å². The maximum absolute atomic E-state index is 5.81. The van der Waals surface area contributed by atoms with Crippen molar-refractivity contribution in [1.29, 1.82) is 0 Å². The summed E-state index contributed by atoms with van der Waals surface area (Å²) in [5, 5.41) is 8.40. The second-order valence-electron chi connectivity index (χ2n) is 5.53. The van der Waals surface area contributed by atoms with Crippen LogP contribution in [0.1, 0.15) is 36.5 Å². The smallest absolute Gasteiger partial charge is 0.247 e. The first kappa shape index (κ1) is 15.5. The molecule has 0 spiro atoms. The zero-order valence-corrected chi connectivity index (χ0v) is 14.4. The lowest BCUT2D eigenvalue weighted by Gasteiger charge is -2.19. The molecular weight excluding hydrogens is 314 g/mol. The van der Waals surface area contributed by atoms with Crippen LogP contribution in [0.5, 0.6) is 0 Å². The van der Waals surface area contributed by atoms with Crippen LogP contribution in [-0.2, 0) is 0 Å². The minimum absolute atomic E-state index is 0.0693. The Morgan fingerprint density at radius 2 is 1.91 bits per heavy atom. The minimum Gasteiger partial charge on any atom is -0.419 e. The summed E-state index contributed by atoms with van der Waals surface area (Å²) in [5.74, 6) is 1.19. The van der Waals surface area contributed by atoms with Crippen molar-refractivity contribution in [3.05, 3.63) is 35.7 Å². The number of likely N-dealkylation sites (tertiary alicyclic amines) is 1. The fourth-order valence-electron chi connectivity index (χ4n) is 2.39. The Kier molecular flexibility index (Phi) is 4.78. The number of aryl methyl sites for hydroxylation is 1. The molecule has 0 bridgehead atoms. The van der Waals surface area contributed by atoms with E-state index in [1.54, 1.807) is 11.8 Å². The van der Waals surface area contributed by atoms with E-state index in [1.165, 1.54) is 18.4 Å². The largest absolute Gasteiger partial charge is 0.419 e. The molecule has 22 heavy (non-hydrogen) atoms. The molecule has 1 saturated heterocycles. The molecule has 1 aromatic heterocycles. The molecule has 0 saturated carbocycles. The quantitative estimate of drug-likeness (QED) is 0.784. The van der Waals surface area contributed by atoms with Crippen molar-refractivity contribution in [2.45, 2.75) is 31.9 Å². The summed E-state index contributed by atoms with van der Waals surface area (Å²) >= 11 is 7.13. The molecule has 0 unspecified atom stereocenters. The molecule has 0 amide bonds. The maximum Gasteiger partial charge on any atom is 0.247 e. The average molecular weight is 333 g/mol. The lowest BCUT2D eigenvalue weighted by atomic mass is 10.1. The fourth-order valence-corrected chi connectivity index (χ4v) is 3.83. The Hall–Kier alpha value is -1.40. The number of thiocarbonyl (C=S) groups is 1. The lowest BCUT2D eigenvalue weighted by molar-refractivity contribution is 0.508. The third-order valence-corrected chi connectivity index (χ3v) is 5.29. The van der Waals surface area contributed by atoms with Gasteiger partial charge in [-0.05, 0) is 38.8 Å². The highest BCUT2D eigenvalue weighted by Crippen LogP contribution is 2.32. The van der Waals surface area contributed by atoms with Gasteiger partial charge in [-0.25, -0.2) is 0 Å². The summed E-state index contributed by atoms with van der Waals surface area (Å²) in [6, 6.07) is 8.08. The number of aromatic nitrogens is 2. The molecule has 4 nitrogen and oxygen atoms in total. The van der Waals surface area contributed by atoms with Gasteiger partial charge >= 0.3 is 0 Å². The number of benzene rings is 1. The van der Waals surface area contributed by atoms with Gasteiger partial charge in [-0.15, -0.1) is 10.2 Å². The monoisotopic (exact) mass is 333 g/mol. The van der Waals surface area contributed by atoms with Crippen LogP contribution in [0.2, 0.25) is 0 Å². The van der Waals surface area contributed by atoms with Crippen molar-refractivity contribution >= 4 is 28.3 Å². The van der Waals surface area contributed by atoms with Crippen molar-refractivity contribution in [3.63, 3.8) is 0 Å². The Bertz CT molecular complexity index is 648. The van der Waals surface area contributed by atoms with Crippen LogP contribution in [0.3, 0.4) is 0 Å². The van der Waals surface area contributed by atoms with E-state index >= 15 is 0 Å². The van der Waals surface area contributed by atoms with Gasteiger partial charge in [0, 0.05) is 18.7 Å². The van der Waals surface area contributed by atoms with E-state index in [9.17, 15) is 0 Å². The predicted molar refractivity (Wildman–Crippen MR) is 93.9 cm³/mol. The number of hydrogen-bond donors (Lipinski definition) is 0. The van der Waals surface area contributed by atoms with Gasteiger partial charge in [0.1, 0.15) is 4.32 Å². The zero-order chi connectivity index (χ0) is 15.5. The van der Waals surface area contributed by atoms with E-state index in [-0.39, 0.29) is 5.25 Å². The van der Waals surface area contributed by atoms with Crippen molar-refractivity contribution < 1.29 is 4.42 Å². The van der Waals surface area contributed by atoms with Crippen molar-refractivity contribution in [2.75, 3.05) is 13.1 Å². The van der Waals surface area contributed by atoms with E-state index in [1.807, 2.05) is 24.3 Å². The van der Waals surface area contributed by atoms with E-state index in [0.29, 0.717) is 11.8 Å². The first-order chi connectivity index (χ1) is 10.6. The summed E-state index contributed by atoms with van der Waals surface area (Å²) in [7, 11) is 0. The van der Waals surface area contributed by atoms with Crippen molar-refractivity contribution in [3.8, 4) is 11.5 Å². The third-order valence-electron chi connectivity index (χ3n) is 3.73. The van der Waals surface area contributed by atoms with Gasteiger partial charge in [0.2, 0.25) is 11.8 Å². The topological polar surface area (TPSA) is 42.2 Å². The highest BCUT2D eigenvalue weighted by molar-refractivity contribution is 8.23. The SMILES string of the molecule is Cc1ccc(-c2nnc([C@H](C)SC(=S)N3CCCC3)o2)cc1. The third kappa shape index (κ3) is 3.50. The van der Waals surface area contributed by atoms with E-state index in [2.05, 4.69) is 28.9 Å². The molecule has 1 aliphatic rings. The first-order valence-electron chi connectivity index (χ1n) is 7.49. The van der Waals surface area contributed by atoms with Gasteiger partial charge in [-0.2, -0.15) is 0 Å². The van der Waals surface area contributed by atoms with Crippen LogP contribution in [-0.4, -0.2) is 32.5 Å². The van der Waals surface area contributed by atoms with E-state index in [0.717, 1.165) is 23.0 Å². The molecule has 2 aromatic rings. The molecule has 2 heterocycles. The number of hydrogen-bond acceptors (Lipinski definition) is 5. The number of rotatable bonds is 3. The van der Waals surface area contributed by atoms with Crippen LogP contribution in [0.4, 0.5) is 0 Å². The molecule has 6 heteroatoms. The summed E-state index contributed by atoms with van der Waals surface area (Å²) < 4.78 is 6.74. The molecular formula is C16H19N3OS2. The van der Waals surface area contributed by atoms with Crippen molar-refractivity contribution in [2.24, 2.45) is 0 Å². The van der Waals surface area contributed by atoms with Crippen LogP contribution >= 0.6 is 24.0 Å². The van der Waals surface area contributed by atoms with Crippen LogP contribution in [0.25, 0.3) is 11.5 Å². The molecule has 0 aliphatic carbocycles. The van der Waals surface area contributed by atoms with Gasteiger partial charge in [-0.1, -0.05) is 41.7 Å². The van der Waals surface area contributed by atoms with Gasteiger partial charge < -0.3 is 9.32 Å². The highest BCUT2D eigenvalue weighted by atomic mass is 32.2. The van der Waals surface area contributed by atoms with E-state index in [4.69, 9.17) is 16.6 Å². The van der Waals surface area contributed by atoms with Gasteiger partial charge in [0.05, 0.1) is 5.25 Å². The summed E-state index contributed by atoms with van der Waals surface area (Å²) in [4.78, 5) is 2.26. The van der Waals surface area contributed by atoms with Crippen molar-refractivity contribution in [1.82, 2.24) is 15.1 Å². The molecule has 1 aromatic carbocycles.